The van der Waals surface area contributed by atoms with Crippen LogP contribution in [0.25, 0.3) is 0 Å². The molecule has 0 aliphatic heterocycles. The van der Waals surface area contributed by atoms with Gasteiger partial charge in [-0.1, -0.05) is 38.0 Å². The molecule has 1 fully saturated rings. The third-order valence-corrected chi connectivity index (χ3v) is 5.56. The van der Waals surface area contributed by atoms with Crippen molar-refractivity contribution in [3.05, 3.63) is 66.0 Å². The highest BCUT2D eigenvalue weighted by Gasteiger charge is 2.24. The van der Waals surface area contributed by atoms with Gasteiger partial charge >= 0.3 is 0 Å². The predicted molar refractivity (Wildman–Crippen MR) is 139 cm³/mol. The fraction of sp³-hybridized carbons (Fsp3) is 0.500. The van der Waals surface area contributed by atoms with E-state index in [-0.39, 0.29) is 17.8 Å². The van der Waals surface area contributed by atoms with Gasteiger partial charge in [-0.05, 0) is 75.9 Å². The van der Waals surface area contributed by atoms with E-state index >= 15 is 0 Å². The van der Waals surface area contributed by atoms with Crippen LogP contribution in [0.5, 0.6) is 0 Å². The van der Waals surface area contributed by atoms with E-state index in [1.165, 1.54) is 43.8 Å². The average Bonchev–Trinajstić information content (AvgIpc) is 3.52. The van der Waals surface area contributed by atoms with E-state index < -0.39 is 0 Å². The van der Waals surface area contributed by atoms with E-state index in [0.717, 1.165) is 29.8 Å². The Morgan fingerprint density at radius 2 is 1.85 bits per heavy atom. The molecule has 0 aromatic heterocycles. The zero-order valence-electron chi connectivity index (χ0n) is 20.9. The molecule has 3 rings (SSSR count). The van der Waals surface area contributed by atoms with Crippen molar-refractivity contribution in [3.63, 3.8) is 0 Å². The predicted octanol–water partition coefficient (Wildman–Crippen LogP) is 4.11. The van der Waals surface area contributed by atoms with Gasteiger partial charge in [-0.3, -0.25) is 4.79 Å². The van der Waals surface area contributed by atoms with Crippen molar-refractivity contribution in [2.24, 2.45) is 23.2 Å². The summed E-state index contributed by atoms with van der Waals surface area (Å²) in [5.41, 5.74) is 12.2. The van der Waals surface area contributed by atoms with Gasteiger partial charge in [-0.25, -0.2) is 10.2 Å². The van der Waals surface area contributed by atoms with E-state index in [9.17, 15) is 9.18 Å². The van der Waals surface area contributed by atoms with Crippen LogP contribution in [0.15, 0.2) is 54.7 Å². The van der Waals surface area contributed by atoms with Crippen LogP contribution in [-0.4, -0.2) is 32.1 Å². The van der Waals surface area contributed by atoms with Crippen LogP contribution in [0.4, 0.5) is 10.1 Å². The topological polar surface area (TPSA) is 110 Å². The summed E-state index contributed by atoms with van der Waals surface area (Å²) < 4.78 is 14.2. The number of hydrazine groups is 1. The molecule has 33 heavy (non-hydrogen) atoms. The van der Waals surface area contributed by atoms with Crippen LogP contribution in [0.1, 0.15) is 51.5 Å². The molecule has 1 atom stereocenters. The molecular formula is C26H44FN5O. The van der Waals surface area contributed by atoms with Crippen molar-refractivity contribution in [1.82, 2.24) is 5.32 Å². The van der Waals surface area contributed by atoms with Crippen LogP contribution in [0.3, 0.4) is 0 Å². The van der Waals surface area contributed by atoms with Gasteiger partial charge in [0.2, 0.25) is 5.91 Å². The molecule has 7 N–H and O–H groups in total. The number of nitrogens with two attached hydrogens (primary N) is 3. The zero-order chi connectivity index (χ0) is 25.4. The minimum absolute atomic E-state index is 0.000920. The van der Waals surface area contributed by atoms with Crippen LogP contribution in [-0.2, 0) is 4.79 Å². The first-order valence-corrected chi connectivity index (χ1v) is 11.6. The highest BCUT2D eigenvalue weighted by Crippen LogP contribution is 2.29. The molecule has 0 spiro atoms. The minimum atomic E-state index is -0.337. The maximum absolute atomic E-state index is 14.2. The first-order valence-electron chi connectivity index (χ1n) is 11.6. The maximum Gasteiger partial charge on any atom is 0.247 e. The number of halogens is 1. The quantitative estimate of drug-likeness (QED) is 0.289. The zero-order valence-corrected chi connectivity index (χ0v) is 20.9. The number of anilines is 1. The molecule has 0 bridgehead atoms. The summed E-state index contributed by atoms with van der Waals surface area (Å²) in [7, 11) is 1.50. The lowest BCUT2D eigenvalue weighted by Gasteiger charge is -2.28. The van der Waals surface area contributed by atoms with E-state index in [4.69, 9.17) is 11.6 Å². The molecule has 1 aromatic rings. The molecule has 7 heteroatoms. The molecule has 186 valence electrons. The number of hydrogen-bond donors (Lipinski definition) is 4. The fourth-order valence-corrected chi connectivity index (χ4v) is 3.87. The third kappa shape index (κ3) is 9.50. The Labute approximate surface area is 199 Å². The Bertz CT molecular complexity index is 752. The van der Waals surface area contributed by atoms with E-state index in [0.29, 0.717) is 18.0 Å². The van der Waals surface area contributed by atoms with Gasteiger partial charge in [-0.15, -0.1) is 13.2 Å². The lowest BCUT2D eigenvalue weighted by Crippen LogP contribution is -2.41. The second kappa shape index (κ2) is 17.1. The standard InChI is InChI=1S/C21H28FN3O.C2H7N.C2H4.CH5N/c1-14-6-5-9-19(22)20(14)25(23)15(2)17-10-11-18(12-17)21(26)24-13-16-7-3-4-8-16;1-2-3;2*1-2/h5-6,9-10,12,15-16H,3-4,7-8,11,13,23H2,1-2H3,(H,24,26);2-3H2,1H3;1-2H2;2H2,1H3. The summed E-state index contributed by atoms with van der Waals surface area (Å²) in [6.07, 6.45) is 9.46. The SMILES string of the molecule is C=C.CCN.CN.Cc1cccc(F)c1N(N)C(C)C1=CCC(C(=O)NCC2CCCC2)=C1. The molecule has 0 radical (unpaired) electrons. The van der Waals surface area contributed by atoms with Gasteiger partial charge in [0.1, 0.15) is 5.82 Å². The summed E-state index contributed by atoms with van der Waals surface area (Å²) in [6, 6.07) is 4.71. The number of para-hydroxylation sites is 1. The Kier molecular flexibility index (Phi) is 15.8. The number of carbonyl (C=O) groups is 1. The van der Waals surface area contributed by atoms with Crippen LogP contribution in [0.2, 0.25) is 0 Å². The summed E-state index contributed by atoms with van der Waals surface area (Å²) >= 11 is 0. The number of amides is 1. The largest absolute Gasteiger partial charge is 0.352 e. The first-order chi connectivity index (χ1) is 15.9. The summed E-state index contributed by atoms with van der Waals surface area (Å²) in [4.78, 5) is 12.4. The lowest BCUT2D eigenvalue weighted by molar-refractivity contribution is -0.117. The van der Waals surface area contributed by atoms with Gasteiger partial charge in [0.05, 0.1) is 11.7 Å². The third-order valence-electron chi connectivity index (χ3n) is 5.56. The number of benzene rings is 1. The van der Waals surface area contributed by atoms with Gasteiger partial charge < -0.3 is 21.8 Å². The molecule has 2 aliphatic carbocycles. The Hall–Kier alpha value is -2.48. The molecular weight excluding hydrogens is 417 g/mol. The number of allylic oxidation sites excluding steroid dienone is 1. The molecule has 1 saturated carbocycles. The molecule has 1 unspecified atom stereocenters. The van der Waals surface area contributed by atoms with E-state index in [2.05, 4.69) is 24.2 Å². The highest BCUT2D eigenvalue weighted by molar-refractivity contribution is 5.95. The monoisotopic (exact) mass is 461 g/mol. The van der Waals surface area contributed by atoms with Gasteiger partial charge in [0.15, 0.2) is 0 Å². The number of nitrogens with one attached hydrogen (secondary N) is 1. The van der Waals surface area contributed by atoms with Crippen LogP contribution < -0.4 is 27.6 Å². The molecule has 0 saturated heterocycles. The number of hydrogen-bond acceptors (Lipinski definition) is 5. The highest BCUT2D eigenvalue weighted by atomic mass is 19.1. The second-order valence-corrected chi connectivity index (χ2v) is 7.84. The van der Waals surface area contributed by atoms with Crippen LogP contribution >= 0.6 is 0 Å². The Morgan fingerprint density at radius 3 is 2.39 bits per heavy atom. The Balaban J connectivity index is 0.00000132. The van der Waals surface area contributed by atoms with Crippen molar-refractivity contribution in [1.29, 1.82) is 0 Å². The smallest absolute Gasteiger partial charge is 0.247 e. The van der Waals surface area contributed by atoms with Gasteiger partial charge in [-0.2, -0.15) is 0 Å². The van der Waals surface area contributed by atoms with Crippen molar-refractivity contribution in [2.75, 3.05) is 25.1 Å². The van der Waals surface area contributed by atoms with Gasteiger partial charge in [0, 0.05) is 12.1 Å². The van der Waals surface area contributed by atoms with Crippen molar-refractivity contribution >= 4 is 11.6 Å². The van der Waals surface area contributed by atoms with Crippen molar-refractivity contribution in [3.8, 4) is 0 Å². The summed E-state index contributed by atoms with van der Waals surface area (Å²) in [5.74, 6) is 6.49. The lowest BCUT2D eigenvalue weighted by atomic mass is 10.1. The number of carbonyl (C=O) groups excluding carboxylic acids is 1. The summed E-state index contributed by atoms with van der Waals surface area (Å²) in [5, 5.41) is 4.51. The molecule has 1 amide bonds. The number of aryl methyl sites for hydroxylation is 1. The normalized spacial score (nSPS) is 15.4. The minimum Gasteiger partial charge on any atom is -0.352 e. The van der Waals surface area contributed by atoms with Crippen LogP contribution in [0, 0.1) is 18.7 Å². The van der Waals surface area contributed by atoms with E-state index in [1.54, 1.807) is 6.07 Å². The molecule has 1 aromatic carbocycles. The second-order valence-electron chi connectivity index (χ2n) is 7.84. The summed E-state index contributed by atoms with van der Waals surface area (Å²) in [6.45, 7) is 13.2. The fourth-order valence-electron chi connectivity index (χ4n) is 3.87. The maximum atomic E-state index is 14.2. The average molecular weight is 462 g/mol. The molecule has 6 nitrogen and oxygen atoms in total. The molecule has 0 heterocycles. The van der Waals surface area contributed by atoms with Crippen molar-refractivity contribution in [2.45, 2.75) is 58.9 Å². The van der Waals surface area contributed by atoms with E-state index in [1.807, 2.05) is 39.0 Å². The molecule has 2 aliphatic rings. The number of rotatable bonds is 6. The van der Waals surface area contributed by atoms with Gasteiger partial charge in [0.25, 0.3) is 0 Å². The number of nitrogens with zero attached hydrogens (tertiary/aromatic N) is 1. The Morgan fingerprint density at radius 1 is 1.27 bits per heavy atom. The van der Waals surface area contributed by atoms with Crippen molar-refractivity contribution < 1.29 is 9.18 Å². The first kappa shape index (κ1) is 30.5.